The molecular weight excluding hydrogens is 669 g/mol. The van der Waals surface area contributed by atoms with Crippen LogP contribution in [0.5, 0.6) is 5.75 Å². The Morgan fingerprint density at radius 3 is 2.14 bits per heavy atom. The fourth-order valence-electron chi connectivity index (χ4n) is 3.64. The van der Waals surface area contributed by atoms with E-state index in [2.05, 4.69) is 20.8 Å². The molecule has 0 bridgehead atoms. The fraction of sp³-hybridized carbons (Fsp3) is 0.357. The number of anilines is 1. The average molecular weight is 701 g/mol. The van der Waals surface area contributed by atoms with E-state index in [9.17, 15) is 52.1 Å². The van der Waals surface area contributed by atoms with E-state index in [1.165, 1.54) is 50.2 Å². The Morgan fingerprint density at radius 2 is 1.59 bits per heavy atom. The molecule has 49 heavy (non-hydrogen) atoms. The molecule has 0 saturated heterocycles. The van der Waals surface area contributed by atoms with Gasteiger partial charge in [-0.1, -0.05) is 26.0 Å². The van der Waals surface area contributed by atoms with Crippen LogP contribution in [0.4, 0.5) is 38.9 Å². The molecule has 0 unspecified atom stereocenters. The number of nitro benzene ring substituents is 1. The van der Waals surface area contributed by atoms with Gasteiger partial charge in [-0.05, 0) is 48.6 Å². The number of amides is 5. The number of hydrogen-bond donors (Lipinski definition) is 5. The third-order valence-corrected chi connectivity index (χ3v) is 5.99. The Kier molecular flexibility index (Phi) is 14.5. The number of ether oxygens (including phenoxy) is 3. The molecule has 0 heterocycles. The topological polar surface area (TPSA) is 257 Å². The zero-order valence-corrected chi connectivity index (χ0v) is 25.7. The summed E-state index contributed by atoms with van der Waals surface area (Å²) < 4.78 is 51.7. The molecule has 2 atom stereocenters. The Morgan fingerprint density at radius 1 is 0.959 bits per heavy atom. The van der Waals surface area contributed by atoms with E-state index >= 15 is 0 Å². The van der Waals surface area contributed by atoms with Crippen molar-refractivity contribution in [1.82, 2.24) is 16.1 Å². The number of primary amides is 1. The van der Waals surface area contributed by atoms with Gasteiger partial charge in [0.1, 0.15) is 18.4 Å². The highest BCUT2D eigenvalue weighted by molar-refractivity contribution is 5.98. The zero-order valence-electron chi connectivity index (χ0n) is 25.7. The zero-order chi connectivity index (χ0) is 36.7. The highest BCUT2D eigenvalue weighted by Gasteiger charge is 2.42. The molecule has 0 aliphatic rings. The molecule has 0 fully saturated rings. The van der Waals surface area contributed by atoms with Crippen molar-refractivity contribution in [2.24, 2.45) is 11.7 Å². The van der Waals surface area contributed by atoms with Crippen LogP contribution in [-0.4, -0.2) is 65.9 Å². The number of nitro groups is 1. The number of halogens is 3. The maximum atomic E-state index is 13.1. The van der Waals surface area contributed by atoms with Crippen LogP contribution in [0.2, 0.25) is 0 Å². The molecule has 5 amide bonds. The number of hydroxylamine groups is 1. The number of non-ortho nitro benzene ring substituents is 1. The maximum Gasteiger partial charge on any atom is 0.514 e. The van der Waals surface area contributed by atoms with Gasteiger partial charge in [-0.25, -0.2) is 19.2 Å². The Bertz CT molecular complexity index is 1500. The van der Waals surface area contributed by atoms with Gasteiger partial charge < -0.3 is 40.7 Å². The molecule has 0 saturated carbocycles. The van der Waals surface area contributed by atoms with Crippen LogP contribution in [0.3, 0.4) is 0 Å². The quantitative estimate of drug-likeness (QED) is 0.0476. The first-order valence-electron chi connectivity index (χ1n) is 14.0. The van der Waals surface area contributed by atoms with Gasteiger partial charge in [0, 0.05) is 24.4 Å². The maximum absolute atomic E-state index is 13.1. The molecule has 2 rings (SSSR count). The largest absolute Gasteiger partial charge is 0.514 e. The van der Waals surface area contributed by atoms with Crippen molar-refractivity contribution in [3.63, 3.8) is 0 Å². The van der Waals surface area contributed by atoms with Crippen LogP contribution in [0.25, 0.3) is 0 Å². The van der Waals surface area contributed by atoms with Crippen LogP contribution in [0, 0.1) is 16.0 Å². The average Bonchev–Trinajstić information content (AvgIpc) is 3.02. The molecule has 2 aromatic carbocycles. The van der Waals surface area contributed by atoms with Crippen LogP contribution in [0.15, 0.2) is 48.5 Å². The van der Waals surface area contributed by atoms with Gasteiger partial charge in [-0.2, -0.15) is 13.2 Å². The van der Waals surface area contributed by atoms with E-state index < -0.39 is 65.2 Å². The second-order valence-corrected chi connectivity index (χ2v) is 10.1. The summed E-state index contributed by atoms with van der Waals surface area (Å²) >= 11 is 0. The number of benzene rings is 2. The van der Waals surface area contributed by atoms with E-state index in [-0.39, 0.29) is 43.1 Å². The molecule has 0 aromatic heterocycles. The third kappa shape index (κ3) is 14.0. The summed E-state index contributed by atoms with van der Waals surface area (Å²) in [4.78, 5) is 85.5. The lowest BCUT2D eigenvalue weighted by Crippen LogP contribution is -2.51. The normalized spacial score (nSPS) is 12.0. The first-order chi connectivity index (χ1) is 23.0. The summed E-state index contributed by atoms with van der Waals surface area (Å²) in [5.74, 6) is -5.27. The molecule has 18 nitrogen and oxygen atoms in total. The summed E-state index contributed by atoms with van der Waals surface area (Å²) in [7, 11) is 0. The van der Waals surface area contributed by atoms with Gasteiger partial charge in [0.15, 0.2) is 6.10 Å². The molecule has 21 heteroatoms. The van der Waals surface area contributed by atoms with Gasteiger partial charge in [-0.15, -0.1) is 5.48 Å². The molecule has 266 valence electrons. The number of carbonyl (C=O) groups is 6. The van der Waals surface area contributed by atoms with Gasteiger partial charge in [0.25, 0.3) is 11.6 Å². The lowest BCUT2D eigenvalue weighted by molar-refractivity contribution is -0.384. The molecular formula is C28H31F3N6O12. The fourth-order valence-corrected chi connectivity index (χ4v) is 3.64. The second-order valence-electron chi connectivity index (χ2n) is 10.1. The Hall–Kier alpha value is -6.15. The minimum atomic E-state index is -5.41. The summed E-state index contributed by atoms with van der Waals surface area (Å²) in [6.07, 6.45) is -9.78. The number of nitrogens with one attached hydrogen (secondary N) is 4. The third-order valence-electron chi connectivity index (χ3n) is 5.99. The SMILES string of the molecule is CC(C)[C@H](OC(=O)NOC(=O)C(F)(F)F)C(=O)N[C@@H](CCCNC(N)=O)C(=O)Nc1ccc(COC(=O)Oc2ccc([N+](=O)[O-])cc2)cc1. The second kappa shape index (κ2) is 18.3. The van der Waals surface area contributed by atoms with Crippen LogP contribution < -0.4 is 31.9 Å². The first-order valence-corrected chi connectivity index (χ1v) is 14.0. The van der Waals surface area contributed by atoms with E-state index in [0.717, 1.165) is 17.6 Å². The predicted molar refractivity (Wildman–Crippen MR) is 158 cm³/mol. The number of rotatable bonds is 14. The Balaban J connectivity index is 2.01. The van der Waals surface area contributed by atoms with Crippen molar-refractivity contribution in [2.45, 2.75) is 51.6 Å². The summed E-state index contributed by atoms with van der Waals surface area (Å²) in [6.45, 7) is 2.62. The van der Waals surface area contributed by atoms with E-state index in [1.54, 1.807) is 0 Å². The van der Waals surface area contributed by atoms with Crippen molar-refractivity contribution in [1.29, 1.82) is 0 Å². The Labute approximate surface area is 274 Å². The van der Waals surface area contributed by atoms with Crippen LogP contribution >= 0.6 is 0 Å². The molecule has 0 aliphatic heterocycles. The molecule has 2 aromatic rings. The smallest absolute Gasteiger partial charge is 0.434 e. The minimum absolute atomic E-state index is 0.0155. The highest BCUT2D eigenvalue weighted by atomic mass is 19.4. The highest BCUT2D eigenvalue weighted by Crippen LogP contribution is 2.19. The van der Waals surface area contributed by atoms with Crippen molar-refractivity contribution in [2.75, 3.05) is 11.9 Å². The number of nitrogens with two attached hydrogens (primary N) is 1. The van der Waals surface area contributed by atoms with E-state index in [0.29, 0.717) is 5.56 Å². The van der Waals surface area contributed by atoms with E-state index in [1.807, 2.05) is 0 Å². The molecule has 0 aliphatic carbocycles. The number of nitrogens with zero attached hydrogens (tertiary/aromatic N) is 1. The van der Waals surface area contributed by atoms with Crippen LogP contribution in [-0.2, 0) is 35.3 Å². The molecule has 0 spiro atoms. The molecule has 6 N–H and O–H groups in total. The summed E-state index contributed by atoms with van der Waals surface area (Å²) in [6, 6.07) is 8.46. The number of carbonyl (C=O) groups excluding carboxylic acids is 6. The number of alkyl halides is 3. The lowest BCUT2D eigenvalue weighted by Gasteiger charge is -2.24. The number of urea groups is 1. The predicted octanol–water partition coefficient (Wildman–Crippen LogP) is 2.95. The monoisotopic (exact) mass is 700 g/mol. The van der Waals surface area contributed by atoms with Crippen molar-refractivity contribution in [3.05, 3.63) is 64.2 Å². The van der Waals surface area contributed by atoms with Crippen molar-refractivity contribution in [3.8, 4) is 5.75 Å². The van der Waals surface area contributed by atoms with Gasteiger partial charge in [-0.3, -0.25) is 19.7 Å². The van der Waals surface area contributed by atoms with Crippen molar-refractivity contribution < 1.29 is 65.9 Å². The lowest BCUT2D eigenvalue weighted by atomic mass is 10.0. The van der Waals surface area contributed by atoms with Crippen LogP contribution in [0.1, 0.15) is 32.3 Å². The van der Waals surface area contributed by atoms with Crippen molar-refractivity contribution >= 4 is 47.4 Å². The summed E-state index contributed by atoms with van der Waals surface area (Å²) in [5.41, 5.74) is 6.67. The molecule has 0 radical (unpaired) electrons. The summed E-state index contributed by atoms with van der Waals surface area (Å²) in [5, 5.41) is 18.0. The minimum Gasteiger partial charge on any atom is -0.434 e. The van der Waals surface area contributed by atoms with Gasteiger partial charge in [0.2, 0.25) is 5.91 Å². The first kappa shape index (κ1) is 39.0. The number of hydrogen-bond acceptors (Lipinski definition) is 12. The standard InChI is InChI=1S/C28H31F3N6O12/c1-15(2)21(48-26(42)36-49-24(40)28(29,30)31)23(39)35-20(4-3-13-33-25(32)41)22(38)34-17-7-5-16(6-8-17)14-46-27(43)47-19-11-9-18(10-12-19)37(44)45/h5-12,15,20-21H,3-4,13-14H2,1-2H3,(H,34,38)(H,35,39)(H,36,42)(H3,32,33,41)/t20-,21-/m0/s1. The van der Waals surface area contributed by atoms with Gasteiger partial charge in [0.05, 0.1) is 4.92 Å². The van der Waals surface area contributed by atoms with Gasteiger partial charge >= 0.3 is 30.4 Å². The van der Waals surface area contributed by atoms with E-state index in [4.69, 9.17) is 19.9 Å².